The standard InChI is InChI=1S/C19H25N3O2/c1-2-3-9-16-12-15(14-7-5-4-6-8-14)10-11-22(16)18(23)17-13-20-19(24)21-17/h4-8,13,15-16H,2-3,9-12H2,1H3,(H2,20,21,24)/t15-,16-/m1/s1. The molecule has 5 heteroatoms. The van der Waals surface area contributed by atoms with E-state index in [-0.39, 0.29) is 17.6 Å². The molecule has 128 valence electrons. The summed E-state index contributed by atoms with van der Waals surface area (Å²) >= 11 is 0. The first kappa shape index (κ1) is 16.6. The highest BCUT2D eigenvalue weighted by molar-refractivity contribution is 5.92. The normalized spacial score (nSPS) is 21.0. The summed E-state index contributed by atoms with van der Waals surface area (Å²) in [7, 11) is 0. The monoisotopic (exact) mass is 327 g/mol. The van der Waals surface area contributed by atoms with Gasteiger partial charge in [0.25, 0.3) is 5.91 Å². The van der Waals surface area contributed by atoms with Crippen molar-refractivity contribution < 1.29 is 4.79 Å². The number of imidazole rings is 1. The Labute approximate surface area is 142 Å². The average Bonchev–Trinajstić information content (AvgIpc) is 3.06. The minimum Gasteiger partial charge on any atom is -0.334 e. The van der Waals surface area contributed by atoms with E-state index in [4.69, 9.17) is 0 Å². The average molecular weight is 327 g/mol. The van der Waals surface area contributed by atoms with E-state index in [0.29, 0.717) is 11.6 Å². The van der Waals surface area contributed by atoms with E-state index in [0.717, 1.165) is 38.6 Å². The summed E-state index contributed by atoms with van der Waals surface area (Å²) < 4.78 is 0. The summed E-state index contributed by atoms with van der Waals surface area (Å²) in [5, 5.41) is 0. The Hall–Kier alpha value is -2.30. The summed E-state index contributed by atoms with van der Waals surface area (Å²) in [5.74, 6) is 0.434. The molecule has 2 heterocycles. The maximum Gasteiger partial charge on any atom is 0.323 e. The SMILES string of the molecule is CCCC[C@@H]1C[C@H](c2ccccc2)CCN1C(=O)c1c[nH]c(=O)[nH]1. The van der Waals surface area contributed by atoms with Crippen LogP contribution in [0.15, 0.2) is 41.3 Å². The van der Waals surface area contributed by atoms with Crippen molar-refractivity contribution in [3.05, 3.63) is 58.3 Å². The molecule has 0 spiro atoms. The van der Waals surface area contributed by atoms with Gasteiger partial charge in [0.15, 0.2) is 0 Å². The number of unbranched alkanes of at least 4 members (excludes halogenated alkanes) is 1. The molecule has 3 rings (SSSR count). The van der Waals surface area contributed by atoms with E-state index >= 15 is 0 Å². The minimum atomic E-state index is -0.331. The van der Waals surface area contributed by atoms with Gasteiger partial charge in [0, 0.05) is 18.8 Å². The van der Waals surface area contributed by atoms with E-state index in [1.54, 1.807) is 0 Å². The second-order valence-electron chi connectivity index (χ2n) is 6.58. The summed E-state index contributed by atoms with van der Waals surface area (Å²) in [4.78, 5) is 31.1. The number of aromatic nitrogens is 2. The highest BCUT2D eigenvalue weighted by atomic mass is 16.2. The predicted molar refractivity (Wildman–Crippen MR) is 94.2 cm³/mol. The number of carbonyl (C=O) groups is 1. The largest absolute Gasteiger partial charge is 0.334 e. The molecule has 0 radical (unpaired) electrons. The van der Waals surface area contributed by atoms with Crippen molar-refractivity contribution >= 4 is 5.91 Å². The molecule has 1 aliphatic rings. The lowest BCUT2D eigenvalue weighted by molar-refractivity contribution is 0.0570. The molecule has 2 N–H and O–H groups in total. The van der Waals surface area contributed by atoms with Crippen LogP contribution in [0.1, 0.15) is 61.0 Å². The molecule has 0 unspecified atom stereocenters. The number of rotatable bonds is 5. The van der Waals surface area contributed by atoms with Crippen LogP contribution in [-0.4, -0.2) is 33.4 Å². The van der Waals surface area contributed by atoms with Gasteiger partial charge in [-0.05, 0) is 30.7 Å². The Morgan fingerprint density at radius 1 is 1.29 bits per heavy atom. The molecular formula is C19H25N3O2. The summed E-state index contributed by atoms with van der Waals surface area (Å²) in [6.45, 7) is 2.91. The zero-order valence-corrected chi connectivity index (χ0v) is 14.1. The predicted octanol–water partition coefficient (Wildman–Crippen LogP) is 3.28. The van der Waals surface area contributed by atoms with Crippen LogP contribution in [0.3, 0.4) is 0 Å². The van der Waals surface area contributed by atoms with Crippen LogP contribution in [0.4, 0.5) is 0 Å². The number of hydrogen-bond acceptors (Lipinski definition) is 2. The fraction of sp³-hybridized carbons (Fsp3) is 0.474. The maximum atomic E-state index is 12.8. The van der Waals surface area contributed by atoms with Crippen molar-refractivity contribution in [3.8, 4) is 0 Å². The number of carbonyl (C=O) groups excluding carboxylic acids is 1. The van der Waals surface area contributed by atoms with Gasteiger partial charge in [-0.2, -0.15) is 0 Å². The van der Waals surface area contributed by atoms with Crippen molar-refractivity contribution in [3.63, 3.8) is 0 Å². The number of likely N-dealkylation sites (tertiary alicyclic amines) is 1. The Bertz CT molecular complexity index is 719. The van der Waals surface area contributed by atoms with Crippen molar-refractivity contribution in [2.45, 2.75) is 51.0 Å². The highest BCUT2D eigenvalue weighted by Crippen LogP contribution is 2.34. The van der Waals surface area contributed by atoms with Gasteiger partial charge in [0.2, 0.25) is 0 Å². The lowest BCUT2D eigenvalue weighted by Gasteiger charge is -2.39. The molecule has 24 heavy (non-hydrogen) atoms. The molecule has 2 atom stereocenters. The molecular weight excluding hydrogens is 302 g/mol. The van der Waals surface area contributed by atoms with Gasteiger partial charge in [0.1, 0.15) is 5.69 Å². The van der Waals surface area contributed by atoms with Crippen molar-refractivity contribution in [2.75, 3.05) is 6.54 Å². The molecule has 1 aromatic carbocycles. The van der Waals surface area contributed by atoms with Crippen LogP contribution < -0.4 is 5.69 Å². The third-order valence-electron chi connectivity index (χ3n) is 4.96. The molecule has 1 aliphatic heterocycles. The van der Waals surface area contributed by atoms with Crippen LogP contribution in [0.25, 0.3) is 0 Å². The van der Waals surface area contributed by atoms with E-state index in [1.165, 1.54) is 11.8 Å². The zero-order valence-electron chi connectivity index (χ0n) is 14.1. The number of hydrogen-bond donors (Lipinski definition) is 2. The highest BCUT2D eigenvalue weighted by Gasteiger charge is 2.32. The minimum absolute atomic E-state index is 0.0686. The van der Waals surface area contributed by atoms with Crippen LogP contribution >= 0.6 is 0 Å². The Balaban J connectivity index is 1.77. The molecule has 0 aliphatic carbocycles. The van der Waals surface area contributed by atoms with Gasteiger partial charge < -0.3 is 14.9 Å². The number of amides is 1. The third kappa shape index (κ3) is 3.61. The summed E-state index contributed by atoms with van der Waals surface area (Å²) in [6.07, 6.45) is 6.68. The smallest absolute Gasteiger partial charge is 0.323 e. The van der Waals surface area contributed by atoms with E-state index in [9.17, 15) is 9.59 Å². The Morgan fingerprint density at radius 2 is 2.08 bits per heavy atom. The molecule has 1 amide bonds. The van der Waals surface area contributed by atoms with Crippen molar-refractivity contribution in [1.29, 1.82) is 0 Å². The lowest BCUT2D eigenvalue weighted by atomic mass is 9.83. The van der Waals surface area contributed by atoms with Gasteiger partial charge in [-0.25, -0.2) is 4.79 Å². The number of piperidine rings is 1. The first-order valence-electron chi connectivity index (χ1n) is 8.82. The van der Waals surface area contributed by atoms with Gasteiger partial charge >= 0.3 is 5.69 Å². The quantitative estimate of drug-likeness (QED) is 0.885. The third-order valence-corrected chi connectivity index (χ3v) is 4.96. The van der Waals surface area contributed by atoms with E-state index in [2.05, 4.69) is 41.2 Å². The van der Waals surface area contributed by atoms with Gasteiger partial charge in [-0.1, -0.05) is 50.1 Å². The topological polar surface area (TPSA) is 69.0 Å². The Morgan fingerprint density at radius 3 is 2.75 bits per heavy atom. The first-order chi connectivity index (χ1) is 11.7. The lowest BCUT2D eigenvalue weighted by Crippen LogP contribution is -2.45. The van der Waals surface area contributed by atoms with Crippen LogP contribution in [0, 0.1) is 0 Å². The second kappa shape index (κ2) is 7.51. The summed E-state index contributed by atoms with van der Waals surface area (Å²) in [6, 6.07) is 10.8. The molecule has 1 aromatic heterocycles. The molecule has 1 fully saturated rings. The fourth-order valence-electron chi connectivity index (χ4n) is 3.66. The van der Waals surface area contributed by atoms with Gasteiger partial charge in [-0.3, -0.25) is 4.79 Å². The first-order valence-corrected chi connectivity index (χ1v) is 8.82. The molecule has 0 bridgehead atoms. The number of H-pyrrole nitrogens is 2. The summed E-state index contributed by atoms with van der Waals surface area (Å²) in [5.41, 5.74) is 1.39. The Kier molecular flexibility index (Phi) is 5.18. The van der Waals surface area contributed by atoms with Crippen LogP contribution in [0.2, 0.25) is 0 Å². The van der Waals surface area contributed by atoms with Crippen LogP contribution in [-0.2, 0) is 0 Å². The molecule has 0 saturated carbocycles. The van der Waals surface area contributed by atoms with E-state index in [1.807, 2.05) is 11.0 Å². The number of benzene rings is 1. The second-order valence-corrected chi connectivity index (χ2v) is 6.58. The van der Waals surface area contributed by atoms with Crippen molar-refractivity contribution in [1.82, 2.24) is 14.9 Å². The number of aromatic amines is 2. The zero-order chi connectivity index (χ0) is 16.9. The number of nitrogens with one attached hydrogen (secondary N) is 2. The number of nitrogens with zero attached hydrogens (tertiary/aromatic N) is 1. The van der Waals surface area contributed by atoms with E-state index < -0.39 is 0 Å². The van der Waals surface area contributed by atoms with Gasteiger partial charge in [0.05, 0.1) is 0 Å². The van der Waals surface area contributed by atoms with Crippen molar-refractivity contribution in [2.24, 2.45) is 0 Å². The molecule has 1 saturated heterocycles. The fourth-order valence-corrected chi connectivity index (χ4v) is 3.66. The van der Waals surface area contributed by atoms with Crippen LogP contribution in [0.5, 0.6) is 0 Å². The van der Waals surface area contributed by atoms with Gasteiger partial charge in [-0.15, -0.1) is 0 Å². The molecule has 2 aromatic rings. The molecule has 5 nitrogen and oxygen atoms in total. The maximum absolute atomic E-state index is 12.8.